The molecule has 0 amide bonds. The number of rotatable bonds is 7. The molecule has 2 aromatic carbocycles. The quantitative estimate of drug-likeness (QED) is 0.202. The predicted octanol–water partition coefficient (Wildman–Crippen LogP) is 8.80. The molecule has 3 nitrogen and oxygen atoms in total. The lowest BCUT2D eigenvalue weighted by Crippen LogP contribution is -1.94. The van der Waals surface area contributed by atoms with Crippen LogP contribution >= 0.6 is 0 Å². The van der Waals surface area contributed by atoms with Gasteiger partial charge in [0.2, 0.25) is 5.71 Å². The summed E-state index contributed by atoms with van der Waals surface area (Å²) in [7, 11) is 1.80. The second-order valence-electron chi connectivity index (χ2n) is 10.1. The van der Waals surface area contributed by atoms with Gasteiger partial charge in [0, 0.05) is 35.3 Å². The second kappa shape index (κ2) is 10.4. The Morgan fingerprint density at radius 2 is 1.69 bits per heavy atom. The van der Waals surface area contributed by atoms with Crippen LogP contribution in [-0.4, -0.2) is 18.2 Å². The molecule has 0 aliphatic rings. The van der Waals surface area contributed by atoms with E-state index in [1.54, 1.807) is 7.05 Å². The van der Waals surface area contributed by atoms with Gasteiger partial charge in [-0.05, 0) is 78.1 Å². The molecule has 4 rings (SSSR count). The Kier molecular flexibility index (Phi) is 7.35. The van der Waals surface area contributed by atoms with Gasteiger partial charge in [-0.2, -0.15) is 0 Å². The van der Waals surface area contributed by atoms with Gasteiger partial charge in [0.1, 0.15) is 5.58 Å². The molecule has 2 heterocycles. The maximum atomic E-state index is 6.40. The number of fused-ring (bicyclic) bond motifs is 3. The van der Waals surface area contributed by atoms with E-state index in [0.717, 1.165) is 45.2 Å². The molecule has 0 bridgehead atoms. The van der Waals surface area contributed by atoms with Crippen molar-refractivity contribution in [2.45, 2.75) is 53.9 Å². The molecule has 0 spiro atoms. The van der Waals surface area contributed by atoms with Gasteiger partial charge in [-0.1, -0.05) is 70.2 Å². The molecule has 3 heteroatoms. The zero-order valence-corrected chi connectivity index (χ0v) is 22.0. The van der Waals surface area contributed by atoms with Gasteiger partial charge in [0.15, 0.2) is 0 Å². The summed E-state index contributed by atoms with van der Waals surface area (Å²) in [6.07, 6.45) is 7.25. The van der Waals surface area contributed by atoms with Gasteiger partial charge in [0.25, 0.3) is 0 Å². The van der Waals surface area contributed by atoms with Crippen molar-refractivity contribution in [3.05, 3.63) is 88.6 Å². The van der Waals surface area contributed by atoms with Gasteiger partial charge in [0.05, 0.1) is 0 Å². The number of aliphatic imine (C=N–C) groups is 1. The Morgan fingerprint density at radius 1 is 0.971 bits per heavy atom. The standard InChI is InChI=1S/C32H36N2O/c1-20(2)18-24-9-11-25(12-10-24)26(16-17-33-7)19-23(6)30-22(5)8-13-27-28-14-15-29(21(3)4)34-32(28)35-31(27)30/h8-17,19-21H,18H2,1-7H3/b23-19+,26-16+,33-17+. The first kappa shape index (κ1) is 24.7. The minimum absolute atomic E-state index is 0.357. The van der Waals surface area contributed by atoms with Crippen LogP contribution in [0.2, 0.25) is 0 Å². The Hall–Kier alpha value is -3.46. The highest BCUT2D eigenvalue weighted by Gasteiger charge is 2.16. The number of pyridine rings is 1. The number of hydrogen-bond acceptors (Lipinski definition) is 3. The first-order chi connectivity index (χ1) is 16.8. The fraction of sp³-hybridized carbons (Fsp3) is 0.312. The third kappa shape index (κ3) is 5.30. The van der Waals surface area contributed by atoms with E-state index in [-0.39, 0.29) is 0 Å². The van der Waals surface area contributed by atoms with Gasteiger partial charge in [-0.3, -0.25) is 4.99 Å². The Bertz CT molecular complexity index is 1430. The molecular weight excluding hydrogens is 428 g/mol. The molecule has 4 aromatic rings. The van der Waals surface area contributed by atoms with Crippen LogP contribution in [0.5, 0.6) is 0 Å². The third-order valence-corrected chi connectivity index (χ3v) is 6.43. The minimum atomic E-state index is 0.357. The summed E-state index contributed by atoms with van der Waals surface area (Å²) < 4.78 is 6.40. The van der Waals surface area contributed by atoms with E-state index < -0.39 is 0 Å². The fourth-order valence-corrected chi connectivity index (χ4v) is 4.64. The van der Waals surface area contributed by atoms with Crippen molar-refractivity contribution in [2.24, 2.45) is 10.9 Å². The zero-order chi connectivity index (χ0) is 25.1. The van der Waals surface area contributed by atoms with E-state index in [1.807, 2.05) is 6.21 Å². The number of hydrogen-bond donors (Lipinski definition) is 0. The van der Waals surface area contributed by atoms with Crippen LogP contribution < -0.4 is 0 Å². The number of allylic oxidation sites excluding steroid dienone is 4. The summed E-state index contributed by atoms with van der Waals surface area (Å²) in [6, 6.07) is 17.5. The normalized spacial score (nSPS) is 13.3. The van der Waals surface area contributed by atoms with Gasteiger partial charge >= 0.3 is 0 Å². The average Bonchev–Trinajstić information content (AvgIpc) is 3.19. The lowest BCUT2D eigenvalue weighted by atomic mass is 9.94. The summed E-state index contributed by atoms with van der Waals surface area (Å²) in [5.41, 5.74) is 9.78. The topological polar surface area (TPSA) is 38.4 Å². The SMILES string of the molecule is C/N=C/C=C(\C=C(/C)c1c(C)ccc2c1oc1nc(C(C)C)ccc12)c1ccc(CC(C)C)cc1. The van der Waals surface area contributed by atoms with Crippen molar-refractivity contribution in [1.29, 1.82) is 0 Å². The van der Waals surface area contributed by atoms with Crippen molar-refractivity contribution in [3.8, 4) is 0 Å². The third-order valence-electron chi connectivity index (χ3n) is 6.43. The van der Waals surface area contributed by atoms with Crippen LogP contribution in [-0.2, 0) is 6.42 Å². The predicted molar refractivity (Wildman–Crippen MR) is 151 cm³/mol. The van der Waals surface area contributed by atoms with Crippen LogP contribution in [0.1, 0.15) is 68.5 Å². The lowest BCUT2D eigenvalue weighted by molar-refractivity contribution is 0.646. The maximum absolute atomic E-state index is 6.40. The fourth-order valence-electron chi connectivity index (χ4n) is 4.64. The molecule has 0 fully saturated rings. The van der Waals surface area contributed by atoms with E-state index >= 15 is 0 Å². The van der Waals surface area contributed by atoms with Gasteiger partial charge < -0.3 is 4.42 Å². The average molecular weight is 465 g/mol. The van der Waals surface area contributed by atoms with Crippen molar-refractivity contribution >= 4 is 39.4 Å². The summed E-state index contributed by atoms with van der Waals surface area (Å²) in [6.45, 7) is 13.1. The van der Waals surface area contributed by atoms with Crippen LogP contribution in [0.15, 0.2) is 70.1 Å². The van der Waals surface area contributed by atoms with Gasteiger partial charge in [-0.25, -0.2) is 4.98 Å². The number of nitrogens with zero attached hydrogens (tertiary/aromatic N) is 2. The Morgan fingerprint density at radius 3 is 2.34 bits per heavy atom. The molecule has 0 unspecified atom stereocenters. The second-order valence-corrected chi connectivity index (χ2v) is 10.1. The molecule has 0 saturated carbocycles. The number of aryl methyl sites for hydroxylation is 1. The van der Waals surface area contributed by atoms with Crippen LogP contribution in [0.3, 0.4) is 0 Å². The largest absolute Gasteiger partial charge is 0.437 e. The summed E-state index contributed by atoms with van der Waals surface area (Å²) in [4.78, 5) is 9.00. The van der Waals surface area contributed by atoms with Crippen LogP contribution in [0.4, 0.5) is 0 Å². The highest BCUT2D eigenvalue weighted by atomic mass is 16.3. The van der Waals surface area contributed by atoms with Crippen LogP contribution in [0.25, 0.3) is 33.2 Å². The summed E-state index contributed by atoms with van der Waals surface area (Å²) in [5, 5.41) is 2.17. The van der Waals surface area contributed by atoms with Gasteiger partial charge in [-0.15, -0.1) is 0 Å². The highest BCUT2D eigenvalue weighted by Crippen LogP contribution is 2.36. The van der Waals surface area contributed by atoms with E-state index in [2.05, 4.69) is 107 Å². The Balaban J connectivity index is 1.82. The first-order valence-corrected chi connectivity index (χ1v) is 12.5. The number of furan rings is 1. The molecule has 180 valence electrons. The molecule has 0 aliphatic heterocycles. The summed E-state index contributed by atoms with van der Waals surface area (Å²) >= 11 is 0. The molecule has 0 N–H and O–H groups in total. The van der Waals surface area contributed by atoms with Crippen molar-refractivity contribution in [3.63, 3.8) is 0 Å². The lowest BCUT2D eigenvalue weighted by Gasteiger charge is -2.11. The molecule has 0 radical (unpaired) electrons. The molecule has 0 atom stereocenters. The minimum Gasteiger partial charge on any atom is -0.437 e. The molecular formula is C32H36N2O. The van der Waals surface area contributed by atoms with Crippen molar-refractivity contribution in [2.75, 3.05) is 7.05 Å². The van der Waals surface area contributed by atoms with Crippen molar-refractivity contribution in [1.82, 2.24) is 4.98 Å². The molecule has 0 saturated heterocycles. The molecule has 2 aromatic heterocycles. The molecule has 0 aliphatic carbocycles. The highest BCUT2D eigenvalue weighted by molar-refractivity contribution is 6.08. The monoisotopic (exact) mass is 464 g/mol. The van der Waals surface area contributed by atoms with E-state index in [1.165, 1.54) is 16.7 Å². The summed E-state index contributed by atoms with van der Waals surface area (Å²) in [5.74, 6) is 0.999. The Labute approximate surface area is 209 Å². The maximum Gasteiger partial charge on any atom is 0.227 e. The van der Waals surface area contributed by atoms with Crippen LogP contribution in [0, 0.1) is 12.8 Å². The van der Waals surface area contributed by atoms with E-state index in [4.69, 9.17) is 9.40 Å². The smallest absolute Gasteiger partial charge is 0.227 e. The van der Waals surface area contributed by atoms with Crippen molar-refractivity contribution < 1.29 is 4.42 Å². The number of aromatic nitrogens is 1. The molecule has 35 heavy (non-hydrogen) atoms. The van der Waals surface area contributed by atoms with E-state index in [9.17, 15) is 0 Å². The van der Waals surface area contributed by atoms with E-state index in [0.29, 0.717) is 17.5 Å². The first-order valence-electron chi connectivity index (χ1n) is 12.5. The number of benzene rings is 2. The zero-order valence-electron chi connectivity index (χ0n) is 22.0.